The molecule has 2 aromatic heterocycles. The topological polar surface area (TPSA) is 67.6 Å². The standard InChI is InChI=1S/C8H7F3N4O/c1-2-5-13-15-7(16-5)4-3-12-14-6(4)8(9,10)11/h3H,2H2,1H3,(H,12,14). The maximum atomic E-state index is 12.5. The first-order chi connectivity index (χ1) is 7.52. The van der Waals surface area contributed by atoms with Gasteiger partial charge in [0.05, 0.1) is 11.8 Å². The predicted octanol–water partition coefficient (Wildman–Crippen LogP) is 2.04. The molecule has 0 aliphatic rings. The van der Waals surface area contributed by atoms with E-state index < -0.39 is 11.9 Å². The molecule has 0 aliphatic heterocycles. The Morgan fingerprint density at radius 3 is 2.69 bits per heavy atom. The Morgan fingerprint density at radius 2 is 2.12 bits per heavy atom. The lowest BCUT2D eigenvalue weighted by atomic mass is 10.2. The molecule has 2 rings (SSSR count). The first-order valence-corrected chi connectivity index (χ1v) is 4.45. The molecule has 0 aromatic carbocycles. The number of rotatable bonds is 2. The van der Waals surface area contributed by atoms with E-state index in [0.717, 1.165) is 6.20 Å². The van der Waals surface area contributed by atoms with Crippen LogP contribution in [0.3, 0.4) is 0 Å². The summed E-state index contributed by atoms with van der Waals surface area (Å²) in [5.41, 5.74) is -1.22. The second-order valence-electron chi connectivity index (χ2n) is 3.01. The molecule has 2 heterocycles. The van der Waals surface area contributed by atoms with Gasteiger partial charge < -0.3 is 4.42 Å². The summed E-state index contributed by atoms with van der Waals surface area (Å²) in [6.45, 7) is 1.76. The number of halogens is 3. The summed E-state index contributed by atoms with van der Waals surface area (Å²) >= 11 is 0. The molecule has 0 atom stereocenters. The minimum atomic E-state index is -4.52. The van der Waals surface area contributed by atoms with Gasteiger partial charge in [0.15, 0.2) is 5.69 Å². The van der Waals surface area contributed by atoms with Crippen molar-refractivity contribution >= 4 is 0 Å². The average molecular weight is 232 g/mol. The van der Waals surface area contributed by atoms with Crippen LogP contribution in [0.4, 0.5) is 13.2 Å². The molecule has 0 saturated carbocycles. The zero-order valence-electron chi connectivity index (χ0n) is 8.17. The first kappa shape index (κ1) is 10.7. The van der Waals surface area contributed by atoms with Gasteiger partial charge in [-0.1, -0.05) is 6.92 Å². The van der Waals surface area contributed by atoms with E-state index >= 15 is 0 Å². The maximum absolute atomic E-state index is 12.5. The van der Waals surface area contributed by atoms with Gasteiger partial charge in [0, 0.05) is 6.42 Å². The predicted molar refractivity (Wildman–Crippen MR) is 46.3 cm³/mol. The smallest absolute Gasteiger partial charge is 0.421 e. The number of hydrogen-bond acceptors (Lipinski definition) is 4. The summed E-state index contributed by atoms with van der Waals surface area (Å²) in [5, 5.41) is 12.3. The molecule has 0 saturated heterocycles. The molecule has 86 valence electrons. The first-order valence-electron chi connectivity index (χ1n) is 4.45. The van der Waals surface area contributed by atoms with Crippen molar-refractivity contribution in [3.63, 3.8) is 0 Å². The monoisotopic (exact) mass is 232 g/mol. The minimum absolute atomic E-state index is 0.182. The Labute approximate surface area is 87.7 Å². The van der Waals surface area contributed by atoms with Crippen LogP contribution in [0, 0.1) is 0 Å². The van der Waals surface area contributed by atoms with Gasteiger partial charge in [0.1, 0.15) is 0 Å². The van der Waals surface area contributed by atoms with E-state index in [0.29, 0.717) is 6.42 Å². The van der Waals surface area contributed by atoms with E-state index in [-0.39, 0.29) is 17.3 Å². The second kappa shape index (κ2) is 3.62. The van der Waals surface area contributed by atoms with Crippen molar-refractivity contribution in [3.8, 4) is 11.5 Å². The molecule has 5 nitrogen and oxygen atoms in total. The van der Waals surface area contributed by atoms with Gasteiger partial charge in [-0.05, 0) is 0 Å². The Balaban J connectivity index is 2.44. The highest BCUT2D eigenvalue weighted by Crippen LogP contribution is 2.34. The number of nitrogens with one attached hydrogen (secondary N) is 1. The SMILES string of the molecule is CCc1nnc(-c2cn[nH]c2C(F)(F)F)o1. The van der Waals surface area contributed by atoms with E-state index in [1.165, 1.54) is 0 Å². The fourth-order valence-electron chi connectivity index (χ4n) is 1.17. The van der Waals surface area contributed by atoms with E-state index in [2.05, 4.69) is 15.3 Å². The van der Waals surface area contributed by atoms with E-state index in [4.69, 9.17) is 4.42 Å². The molecular formula is C8H7F3N4O. The highest BCUT2D eigenvalue weighted by molar-refractivity contribution is 5.55. The van der Waals surface area contributed by atoms with Gasteiger partial charge in [0.2, 0.25) is 5.89 Å². The molecule has 0 bridgehead atoms. The molecular weight excluding hydrogens is 225 g/mol. The summed E-state index contributed by atoms with van der Waals surface area (Å²) in [4.78, 5) is 0. The molecule has 8 heteroatoms. The highest BCUT2D eigenvalue weighted by atomic mass is 19.4. The van der Waals surface area contributed by atoms with Gasteiger partial charge in [0.25, 0.3) is 5.89 Å². The van der Waals surface area contributed by atoms with Crippen LogP contribution in [-0.2, 0) is 12.6 Å². The van der Waals surface area contributed by atoms with Crippen molar-refractivity contribution in [2.24, 2.45) is 0 Å². The third-order valence-electron chi connectivity index (χ3n) is 1.92. The molecule has 0 amide bonds. The third kappa shape index (κ3) is 1.77. The largest absolute Gasteiger partial charge is 0.433 e. The van der Waals surface area contributed by atoms with Crippen molar-refractivity contribution < 1.29 is 17.6 Å². The van der Waals surface area contributed by atoms with Crippen LogP contribution in [-0.4, -0.2) is 20.4 Å². The van der Waals surface area contributed by atoms with Crippen LogP contribution in [0.15, 0.2) is 10.6 Å². The van der Waals surface area contributed by atoms with Gasteiger partial charge in [-0.15, -0.1) is 10.2 Å². The Kier molecular flexibility index (Phi) is 2.41. The number of hydrogen-bond donors (Lipinski definition) is 1. The maximum Gasteiger partial charge on any atom is 0.433 e. The normalized spacial score (nSPS) is 12.0. The summed E-state index contributed by atoms with van der Waals surface area (Å²) in [6.07, 6.45) is -3.05. The van der Waals surface area contributed by atoms with Crippen molar-refractivity contribution in [2.45, 2.75) is 19.5 Å². The van der Waals surface area contributed by atoms with E-state index in [1.54, 1.807) is 6.92 Å². The molecule has 0 unspecified atom stereocenters. The number of nitrogens with zero attached hydrogens (tertiary/aromatic N) is 3. The van der Waals surface area contributed by atoms with Crippen LogP contribution >= 0.6 is 0 Å². The van der Waals surface area contributed by atoms with Crippen LogP contribution in [0.5, 0.6) is 0 Å². The lowest BCUT2D eigenvalue weighted by Gasteiger charge is -2.03. The average Bonchev–Trinajstić information content (AvgIpc) is 2.84. The van der Waals surface area contributed by atoms with Crippen LogP contribution in [0.2, 0.25) is 0 Å². The number of aryl methyl sites for hydroxylation is 1. The lowest BCUT2D eigenvalue weighted by molar-refractivity contribution is -0.140. The summed E-state index contributed by atoms with van der Waals surface area (Å²) in [7, 11) is 0. The molecule has 0 radical (unpaired) electrons. The van der Waals surface area contributed by atoms with Gasteiger partial charge >= 0.3 is 6.18 Å². The number of alkyl halides is 3. The molecule has 0 spiro atoms. The number of aromatic nitrogens is 4. The molecule has 0 aliphatic carbocycles. The fourth-order valence-corrected chi connectivity index (χ4v) is 1.17. The van der Waals surface area contributed by atoms with Crippen LogP contribution in [0.1, 0.15) is 18.5 Å². The zero-order valence-corrected chi connectivity index (χ0v) is 8.17. The van der Waals surface area contributed by atoms with Crippen LogP contribution in [0.25, 0.3) is 11.5 Å². The Hall–Kier alpha value is -1.86. The lowest BCUT2D eigenvalue weighted by Crippen LogP contribution is -2.07. The summed E-state index contributed by atoms with van der Waals surface area (Å²) in [6, 6.07) is 0. The van der Waals surface area contributed by atoms with E-state index in [1.807, 2.05) is 5.10 Å². The third-order valence-corrected chi connectivity index (χ3v) is 1.92. The molecule has 2 aromatic rings. The second-order valence-corrected chi connectivity index (χ2v) is 3.01. The molecule has 0 fully saturated rings. The van der Waals surface area contributed by atoms with E-state index in [9.17, 15) is 13.2 Å². The number of H-pyrrole nitrogens is 1. The summed E-state index contributed by atoms with van der Waals surface area (Å²) < 4.78 is 42.5. The number of aromatic amines is 1. The van der Waals surface area contributed by atoms with Gasteiger partial charge in [-0.25, -0.2) is 0 Å². The molecule has 1 N–H and O–H groups in total. The molecule has 16 heavy (non-hydrogen) atoms. The minimum Gasteiger partial charge on any atom is -0.421 e. The summed E-state index contributed by atoms with van der Waals surface area (Å²) in [5.74, 6) is 0.0993. The van der Waals surface area contributed by atoms with Gasteiger partial charge in [-0.2, -0.15) is 18.3 Å². The van der Waals surface area contributed by atoms with Crippen molar-refractivity contribution in [2.75, 3.05) is 0 Å². The fraction of sp³-hybridized carbons (Fsp3) is 0.375. The quantitative estimate of drug-likeness (QED) is 0.860. The van der Waals surface area contributed by atoms with Crippen LogP contribution < -0.4 is 0 Å². The highest BCUT2D eigenvalue weighted by Gasteiger charge is 2.37. The van der Waals surface area contributed by atoms with Crippen molar-refractivity contribution in [1.29, 1.82) is 0 Å². The Morgan fingerprint density at radius 1 is 1.38 bits per heavy atom. The zero-order chi connectivity index (χ0) is 11.8. The Bertz CT molecular complexity index is 487. The van der Waals surface area contributed by atoms with Crippen molar-refractivity contribution in [3.05, 3.63) is 17.8 Å². The van der Waals surface area contributed by atoms with Crippen molar-refractivity contribution in [1.82, 2.24) is 20.4 Å². The van der Waals surface area contributed by atoms with Gasteiger partial charge in [-0.3, -0.25) is 5.10 Å².